The van der Waals surface area contributed by atoms with Gasteiger partial charge in [0.25, 0.3) is 0 Å². The van der Waals surface area contributed by atoms with Gasteiger partial charge in [-0.25, -0.2) is 0 Å². The standard InChI is InChI=1S/C11H16.C11H12.3C2H6/c1-4-9(2)11-8-6-5-7-10(11)3;1-3-7-11-9-6-5-8-10(11)4-2;3*1-2/h5-9H,4H2,1-3H3;3-9H,1H2,2H3;3*1-2H3/b;10-4-,11-7-;;;. The van der Waals surface area contributed by atoms with E-state index in [2.05, 4.69) is 69.8 Å². The van der Waals surface area contributed by atoms with Crippen molar-refractivity contribution in [2.75, 3.05) is 0 Å². The molecule has 1 unspecified atom stereocenters. The fourth-order valence-corrected chi connectivity index (χ4v) is 2.41. The number of rotatable bonds is 3. The third-order valence-electron chi connectivity index (χ3n) is 3.94. The zero-order valence-electron chi connectivity index (χ0n) is 20.3. The maximum absolute atomic E-state index is 3.66. The summed E-state index contributed by atoms with van der Waals surface area (Å²) in [5.41, 5.74) is 2.91. The number of benzene rings is 2. The van der Waals surface area contributed by atoms with E-state index in [0.29, 0.717) is 5.92 Å². The van der Waals surface area contributed by atoms with Crippen LogP contribution < -0.4 is 10.4 Å². The third kappa shape index (κ3) is 13.1. The van der Waals surface area contributed by atoms with Crippen molar-refractivity contribution in [2.24, 2.45) is 0 Å². The molecule has 28 heavy (non-hydrogen) atoms. The van der Waals surface area contributed by atoms with E-state index in [-0.39, 0.29) is 0 Å². The fourth-order valence-electron chi connectivity index (χ4n) is 2.41. The topological polar surface area (TPSA) is 0 Å². The van der Waals surface area contributed by atoms with E-state index in [9.17, 15) is 0 Å². The fraction of sp³-hybridized carbons (Fsp3) is 0.429. The van der Waals surface area contributed by atoms with E-state index < -0.39 is 0 Å². The number of hydrogen-bond acceptors (Lipinski definition) is 0. The van der Waals surface area contributed by atoms with Gasteiger partial charge in [0.05, 0.1) is 0 Å². The van der Waals surface area contributed by atoms with Crippen molar-refractivity contribution in [3.8, 4) is 0 Å². The first-order valence-electron chi connectivity index (χ1n) is 11.0. The molecule has 0 radical (unpaired) electrons. The molecule has 2 aromatic rings. The Morgan fingerprint density at radius 3 is 1.71 bits per heavy atom. The van der Waals surface area contributed by atoms with Gasteiger partial charge in [-0.1, -0.05) is 129 Å². The lowest BCUT2D eigenvalue weighted by atomic mass is 9.95. The maximum Gasteiger partial charge on any atom is -0.0188 e. The van der Waals surface area contributed by atoms with E-state index in [1.807, 2.05) is 72.8 Å². The van der Waals surface area contributed by atoms with Crippen molar-refractivity contribution < 1.29 is 0 Å². The molecule has 0 spiro atoms. The van der Waals surface area contributed by atoms with Gasteiger partial charge in [-0.05, 0) is 47.8 Å². The second-order valence-corrected chi connectivity index (χ2v) is 5.49. The number of allylic oxidation sites excluding steroid dienone is 1. The summed E-state index contributed by atoms with van der Waals surface area (Å²) in [6.45, 7) is 24.4. The van der Waals surface area contributed by atoms with E-state index in [4.69, 9.17) is 0 Å². The number of hydrogen-bond donors (Lipinski definition) is 0. The van der Waals surface area contributed by atoms with E-state index >= 15 is 0 Å². The predicted molar refractivity (Wildman–Crippen MR) is 134 cm³/mol. The van der Waals surface area contributed by atoms with Crippen molar-refractivity contribution in [3.63, 3.8) is 0 Å². The van der Waals surface area contributed by atoms with Crippen LogP contribution in [0.15, 0.2) is 61.2 Å². The van der Waals surface area contributed by atoms with Crippen molar-refractivity contribution in [1.29, 1.82) is 0 Å². The highest BCUT2D eigenvalue weighted by Crippen LogP contribution is 2.21. The predicted octanol–water partition coefficient (Wildman–Crippen LogP) is 8.04. The zero-order chi connectivity index (χ0) is 22.4. The molecule has 0 amide bonds. The average Bonchev–Trinajstić information content (AvgIpc) is 2.79. The second-order valence-electron chi connectivity index (χ2n) is 5.49. The summed E-state index contributed by atoms with van der Waals surface area (Å²) < 4.78 is 0. The molecule has 0 aromatic heterocycles. The Bertz CT molecular complexity index is 692. The van der Waals surface area contributed by atoms with Gasteiger partial charge in [-0.2, -0.15) is 0 Å². The van der Waals surface area contributed by atoms with Gasteiger partial charge in [0, 0.05) is 0 Å². The summed E-state index contributed by atoms with van der Waals surface area (Å²) >= 11 is 0. The Labute approximate surface area is 176 Å². The molecule has 0 aliphatic heterocycles. The van der Waals surface area contributed by atoms with Crippen molar-refractivity contribution >= 4 is 12.2 Å². The molecule has 0 bridgehead atoms. The first-order chi connectivity index (χ1) is 13.6. The lowest BCUT2D eigenvalue weighted by Crippen LogP contribution is -2.22. The molecule has 0 N–H and O–H groups in total. The van der Waals surface area contributed by atoms with Crippen LogP contribution in [0, 0.1) is 6.92 Å². The van der Waals surface area contributed by atoms with Crippen LogP contribution in [0.3, 0.4) is 0 Å². The van der Waals surface area contributed by atoms with Gasteiger partial charge < -0.3 is 0 Å². The van der Waals surface area contributed by atoms with Crippen LogP contribution in [0.2, 0.25) is 0 Å². The first kappa shape index (κ1) is 30.6. The molecular weight excluding hydrogens is 336 g/mol. The Morgan fingerprint density at radius 2 is 1.29 bits per heavy atom. The van der Waals surface area contributed by atoms with Gasteiger partial charge in [0.2, 0.25) is 0 Å². The minimum Gasteiger partial charge on any atom is -0.0990 e. The molecule has 0 nitrogen and oxygen atoms in total. The van der Waals surface area contributed by atoms with Crippen molar-refractivity contribution in [2.45, 2.75) is 81.6 Å². The monoisotopic (exact) mass is 382 g/mol. The maximum atomic E-state index is 3.66. The largest absolute Gasteiger partial charge is 0.0990 e. The van der Waals surface area contributed by atoms with Gasteiger partial charge in [0.1, 0.15) is 0 Å². The van der Waals surface area contributed by atoms with Crippen molar-refractivity contribution in [3.05, 3.63) is 82.8 Å². The summed E-state index contributed by atoms with van der Waals surface area (Å²) in [5, 5.41) is 2.48. The summed E-state index contributed by atoms with van der Waals surface area (Å²) in [6.07, 6.45) is 7.14. The Balaban J connectivity index is -0.000000352. The summed E-state index contributed by atoms with van der Waals surface area (Å²) in [4.78, 5) is 0. The molecule has 1 atom stereocenters. The molecule has 0 aliphatic carbocycles. The first-order valence-corrected chi connectivity index (χ1v) is 11.0. The summed E-state index contributed by atoms with van der Waals surface area (Å²) in [7, 11) is 0. The van der Waals surface area contributed by atoms with Crippen LogP contribution in [0.4, 0.5) is 0 Å². The van der Waals surface area contributed by atoms with Gasteiger partial charge in [-0.15, -0.1) is 0 Å². The summed E-state index contributed by atoms with van der Waals surface area (Å²) in [5.74, 6) is 0.705. The molecule has 0 aliphatic rings. The Morgan fingerprint density at radius 1 is 0.821 bits per heavy atom. The highest BCUT2D eigenvalue weighted by atomic mass is 14.1. The quantitative estimate of drug-likeness (QED) is 0.504. The molecule has 0 saturated carbocycles. The van der Waals surface area contributed by atoms with Gasteiger partial charge in [-0.3, -0.25) is 0 Å². The lowest BCUT2D eigenvalue weighted by Gasteiger charge is -2.11. The smallest absolute Gasteiger partial charge is 0.0188 e. The Hall–Kier alpha value is -2.08. The minimum absolute atomic E-state index is 0.705. The normalized spacial score (nSPS) is 11.1. The van der Waals surface area contributed by atoms with E-state index in [1.165, 1.54) is 28.0 Å². The third-order valence-corrected chi connectivity index (χ3v) is 3.94. The Kier molecular flexibility index (Phi) is 25.1. The van der Waals surface area contributed by atoms with Crippen molar-refractivity contribution in [1.82, 2.24) is 0 Å². The summed E-state index contributed by atoms with van der Waals surface area (Å²) in [6, 6.07) is 16.9. The molecule has 2 aromatic carbocycles. The molecule has 0 heterocycles. The lowest BCUT2D eigenvalue weighted by molar-refractivity contribution is 0.728. The van der Waals surface area contributed by atoms with E-state index in [1.54, 1.807) is 0 Å². The van der Waals surface area contributed by atoms with Crippen LogP contribution in [0.5, 0.6) is 0 Å². The highest BCUT2D eigenvalue weighted by molar-refractivity contribution is 5.37. The van der Waals surface area contributed by atoms with Crippen LogP contribution in [0.1, 0.15) is 85.8 Å². The minimum atomic E-state index is 0.705. The molecular formula is C28H46. The van der Waals surface area contributed by atoms with Crippen LogP contribution in [0.25, 0.3) is 12.2 Å². The van der Waals surface area contributed by atoms with Crippen LogP contribution in [-0.4, -0.2) is 0 Å². The zero-order valence-corrected chi connectivity index (χ0v) is 20.3. The average molecular weight is 383 g/mol. The van der Waals surface area contributed by atoms with E-state index in [0.717, 1.165) is 0 Å². The molecule has 0 heteroatoms. The number of aryl methyl sites for hydroxylation is 1. The molecule has 0 saturated heterocycles. The highest BCUT2D eigenvalue weighted by Gasteiger charge is 2.03. The SMILES string of the molecule is C=C/C=c1/cccc/c1=C/C.CC.CC.CC.CCC(C)c1ccccc1C. The molecule has 2 rings (SSSR count). The van der Waals surface area contributed by atoms with Gasteiger partial charge in [0.15, 0.2) is 0 Å². The van der Waals surface area contributed by atoms with Gasteiger partial charge >= 0.3 is 0 Å². The van der Waals surface area contributed by atoms with Crippen LogP contribution in [-0.2, 0) is 0 Å². The van der Waals surface area contributed by atoms with Crippen LogP contribution >= 0.6 is 0 Å². The second kappa shape index (κ2) is 23.0. The molecule has 158 valence electrons. The molecule has 0 fully saturated rings.